The molecule has 0 saturated carbocycles. The molecule has 0 aliphatic rings. The Balaban J connectivity index is 2.27. The molecule has 2 aromatic rings. The average molecular weight is 342 g/mol. The van der Waals surface area contributed by atoms with Gasteiger partial charge in [-0.2, -0.15) is 0 Å². The lowest BCUT2D eigenvalue weighted by atomic mass is 10.2. The van der Waals surface area contributed by atoms with Crippen molar-refractivity contribution < 1.29 is 13.5 Å². The molecule has 0 amide bonds. The van der Waals surface area contributed by atoms with Crippen LogP contribution in [0.5, 0.6) is 11.5 Å². The molecule has 2 nitrogen and oxygen atoms in total. The molecule has 0 aliphatic heterocycles. The number of benzene rings is 2. The second kappa shape index (κ2) is 6.81. The highest BCUT2D eigenvalue weighted by Gasteiger charge is 2.10. The molecule has 1 N–H and O–H groups in total. The van der Waals surface area contributed by atoms with E-state index in [1.807, 2.05) is 19.1 Å². The van der Waals surface area contributed by atoms with Crippen molar-refractivity contribution in [2.45, 2.75) is 13.5 Å². The summed E-state index contributed by atoms with van der Waals surface area (Å²) >= 11 is 3.39. The summed E-state index contributed by atoms with van der Waals surface area (Å²) in [6, 6.07) is 8.72. The Bertz CT molecular complexity index is 604. The van der Waals surface area contributed by atoms with Crippen LogP contribution < -0.4 is 10.1 Å². The van der Waals surface area contributed by atoms with Gasteiger partial charge in [0.05, 0.1) is 0 Å². The summed E-state index contributed by atoms with van der Waals surface area (Å²) in [7, 11) is 0. The molecule has 2 rings (SSSR count). The minimum atomic E-state index is -0.720. The van der Waals surface area contributed by atoms with E-state index in [-0.39, 0.29) is 5.75 Å². The zero-order valence-electron chi connectivity index (χ0n) is 10.9. The fourth-order valence-corrected chi connectivity index (χ4v) is 2.13. The van der Waals surface area contributed by atoms with Crippen molar-refractivity contribution in [2.24, 2.45) is 0 Å². The summed E-state index contributed by atoms with van der Waals surface area (Å²) in [5.74, 6) is -0.799. The van der Waals surface area contributed by atoms with Gasteiger partial charge in [-0.15, -0.1) is 0 Å². The second-order valence-corrected chi connectivity index (χ2v) is 5.12. The number of nitrogens with one attached hydrogen (secondary N) is 1. The van der Waals surface area contributed by atoms with Crippen LogP contribution in [-0.4, -0.2) is 6.54 Å². The first-order chi connectivity index (χ1) is 9.60. The average Bonchev–Trinajstić information content (AvgIpc) is 2.41. The number of ether oxygens (including phenoxy) is 1. The first kappa shape index (κ1) is 14.9. The van der Waals surface area contributed by atoms with Crippen LogP contribution in [0.15, 0.2) is 40.9 Å². The quantitative estimate of drug-likeness (QED) is 0.856. The van der Waals surface area contributed by atoms with Crippen LogP contribution in [0.25, 0.3) is 0 Å². The van der Waals surface area contributed by atoms with Gasteiger partial charge in [0, 0.05) is 22.6 Å². The van der Waals surface area contributed by atoms with E-state index in [0.29, 0.717) is 12.3 Å². The first-order valence-corrected chi connectivity index (χ1v) is 7.01. The van der Waals surface area contributed by atoms with Crippen molar-refractivity contribution in [1.29, 1.82) is 0 Å². The lowest BCUT2D eigenvalue weighted by molar-refractivity contribution is 0.432. The van der Waals surface area contributed by atoms with Crippen LogP contribution in [0.3, 0.4) is 0 Å². The minimum Gasteiger partial charge on any atom is -0.454 e. The summed E-state index contributed by atoms with van der Waals surface area (Å²) in [5.41, 5.74) is 0.893. The standard InChI is InChI=1S/C15H14BrF2NO/c1-2-19-9-10-7-11(16)3-5-14(10)20-15-6-4-12(17)8-13(15)18/h3-8,19H,2,9H2,1H3. The highest BCUT2D eigenvalue weighted by Crippen LogP contribution is 2.29. The molecule has 0 bridgehead atoms. The van der Waals surface area contributed by atoms with Gasteiger partial charge >= 0.3 is 0 Å². The van der Waals surface area contributed by atoms with Crippen molar-refractivity contribution in [1.82, 2.24) is 5.32 Å². The molecule has 0 unspecified atom stereocenters. The van der Waals surface area contributed by atoms with E-state index in [2.05, 4.69) is 21.2 Å². The topological polar surface area (TPSA) is 21.3 Å². The number of halogens is 3. The Morgan fingerprint density at radius 2 is 1.85 bits per heavy atom. The maximum Gasteiger partial charge on any atom is 0.168 e. The molecule has 2 aromatic carbocycles. The van der Waals surface area contributed by atoms with Crippen molar-refractivity contribution in [3.63, 3.8) is 0 Å². The molecule has 0 aromatic heterocycles. The number of hydrogen-bond acceptors (Lipinski definition) is 2. The van der Waals surface area contributed by atoms with Gasteiger partial charge in [0.2, 0.25) is 0 Å². The Hall–Kier alpha value is -1.46. The van der Waals surface area contributed by atoms with Gasteiger partial charge < -0.3 is 10.1 Å². The maximum atomic E-state index is 13.6. The Morgan fingerprint density at radius 3 is 2.55 bits per heavy atom. The Morgan fingerprint density at radius 1 is 1.10 bits per heavy atom. The molecule has 0 saturated heterocycles. The lowest BCUT2D eigenvalue weighted by Gasteiger charge is -2.12. The van der Waals surface area contributed by atoms with E-state index in [1.54, 1.807) is 6.07 Å². The summed E-state index contributed by atoms with van der Waals surface area (Å²) in [4.78, 5) is 0. The molecule has 0 heterocycles. The molecule has 0 fully saturated rings. The van der Waals surface area contributed by atoms with E-state index < -0.39 is 11.6 Å². The third-order valence-electron chi connectivity index (χ3n) is 2.70. The molecule has 0 aliphatic carbocycles. The highest BCUT2D eigenvalue weighted by molar-refractivity contribution is 9.10. The van der Waals surface area contributed by atoms with E-state index in [9.17, 15) is 8.78 Å². The van der Waals surface area contributed by atoms with E-state index in [1.165, 1.54) is 12.1 Å². The van der Waals surface area contributed by atoms with Crippen LogP contribution in [0.4, 0.5) is 8.78 Å². The van der Waals surface area contributed by atoms with Crippen LogP contribution >= 0.6 is 15.9 Å². The summed E-state index contributed by atoms with van der Waals surface area (Å²) in [6.45, 7) is 3.42. The fraction of sp³-hybridized carbons (Fsp3) is 0.200. The van der Waals surface area contributed by atoms with Crippen molar-refractivity contribution in [3.8, 4) is 11.5 Å². The van der Waals surface area contributed by atoms with Crippen LogP contribution in [0, 0.1) is 11.6 Å². The third-order valence-corrected chi connectivity index (χ3v) is 3.20. The van der Waals surface area contributed by atoms with Crippen molar-refractivity contribution in [2.75, 3.05) is 6.54 Å². The minimum absolute atomic E-state index is 0.00599. The predicted octanol–water partition coefficient (Wildman–Crippen LogP) is 4.63. The number of rotatable bonds is 5. The van der Waals surface area contributed by atoms with Gasteiger partial charge in [-0.05, 0) is 36.9 Å². The fourth-order valence-electron chi connectivity index (χ4n) is 1.72. The highest BCUT2D eigenvalue weighted by atomic mass is 79.9. The van der Waals surface area contributed by atoms with Crippen LogP contribution in [-0.2, 0) is 6.54 Å². The molecule has 5 heteroatoms. The second-order valence-electron chi connectivity index (χ2n) is 4.21. The van der Waals surface area contributed by atoms with Crippen LogP contribution in [0.1, 0.15) is 12.5 Å². The Labute approximate surface area is 124 Å². The predicted molar refractivity (Wildman–Crippen MR) is 78.0 cm³/mol. The zero-order chi connectivity index (χ0) is 14.5. The molecule has 0 spiro atoms. The zero-order valence-corrected chi connectivity index (χ0v) is 12.5. The van der Waals surface area contributed by atoms with Crippen LogP contribution in [0.2, 0.25) is 0 Å². The van der Waals surface area contributed by atoms with E-state index >= 15 is 0 Å². The summed E-state index contributed by atoms with van der Waals surface area (Å²) in [5, 5.41) is 3.19. The van der Waals surface area contributed by atoms with Gasteiger partial charge in [-0.25, -0.2) is 8.78 Å². The molecule has 0 radical (unpaired) electrons. The summed E-state index contributed by atoms with van der Waals surface area (Å²) in [6.07, 6.45) is 0. The van der Waals surface area contributed by atoms with Gasteiger partial charge in [0.1, 0.15) is 11.6 Å². The van der Waals surface area contributed by atoms with E-state index in [0.717, 1.165) is 22.6 Å². The smallest absolute Gasteiger partial charge is 0.168 e. The molecular weight excluding hydrogens is 328 g/mol. The van der Waals surface area contributed by atoms with E-state index in [4.69, 9.17) is 4.74 Å². The largest absolute Gasteiger partial charge is 0.454 e. The molecule has 106 valence electrons. The Kier molecular flexibility index (Phi) is 5.09. The summed E-state index contributed by atoms with van der Waals surface area (Å²) < 4.78 is 32.9. The molecular formula is C15H14BrF2NO. The third kappa shape index (κ3) is 3.77. The van der Waals surface area contributed by atoms with Crippen molar-refractivity contribution >= 4 is 15.9 Å². The monoisotopic (exact) mass is 341 g/mol. The van der Waals surface area contributed by atoms with Gasteiger partial charge in [0.15, 0.2) is 11.6 Å². The maximum absolute atomic E-state index is 13.6. The SMILES string of the molecule is CCNCc1cc(Br)ccc1Oc1ccc(F)cc1F. The first-order valence-electron chi connectivity index (χ1n) is 6.22. The molecule has 20 heavy (non-hydrogen) atoms. The normalized spacial score (nSPS) is 10.6. The van der Waals surface area contributed by atoms with Crippen molar-refractivity contribution in [3.05, 3.63) is 58.1 Å². The van der Waals surface area contributed by atoms with Gasteiger partial charge in [-0.1, -0.05) is 22.9 Å². The molecule has 0 atom stereocenters. The van der Waals surface area contributed by atoms with Gasteiger partial charge in [-0.3, -0.25) is 0 Å². The number of hydrogen-bond donors (Lipinski definition) is 1. The van der Waals surface area contributed by atoms with Gasteiger partial charge in [0.25, 0.3) is 0 Å². The lowest BCUT2D eigenvalue weighted by Crippen LogP contribution is -2.12.